The quantitative estimate of drug-likeness (QED) is 0.856. The number of aromatic nitrogens is 2. The molecule has 0 N–H and O–H groups in total. The molecule has 1 fully saturated rings. The molecule has 1 aromatic heterocycles. The second-order valence-corrected chi connectivity index (χ2v) is 6.28. The van der Waals surface area contributed by atoms with Crippen molar-refractivity contribution in [2.24, 2.45) is 0 Å². The van der Waals surface area contributed by atoms with E-state index in [-0.39, 0.29) is 17.7 Å². The van der Waals surface area contributed by atoms with Crippen molar-refractivity contribution >= 4 is 23.2 Å². The maximum atomic E-state index is 12.3. The highest BCUT2D eigenvalue weighted by atomic mass is 35.5. The Morgan fingerprint density at radius 1 is 1.43 bits per heavy atom. The third-order valence-corrected chi connectivity index (χ3v) is 4.19. The summed E-state index contributed by atoms with van der Waals surface area (Å²) in [6.07, 6.45) is 0.351. The van der Waals surface area contributed by atoms with Gasteiger partial charge in [-0.15, -0.1) is 0 Å². The maximum absolute atomic E-state index is 12.3. The molecule has 6 nitrogen and oxygen atoms in total. The van der Waals surface area contributed by atoms with E-state index in [0.717, 1.165) is 5.69 Å². The van der Waals surface area contributed by atoms with Crippen molar-refractivity contribution in [3.05, 3.63) is 34.9 Å². The van der Waals surface area contributed by atoms with Gasteiger partial charge < -0.3 is 14.2 Å². The molecule has 1 amide bonds. The second kappa shape index (κ2) is 6.20. The lowest BCUT2D eigenvalue weighted by Crippen LogP contribution is -2.24. The van der Waals surface area contributed by atoms with E-state index >= 15 is 0 Å². The number of hydrogen-bond donors (Lipinski definition) is 0. The van der Waals surface area contributed by atoms with Crippen LogP contribution in [0.15, 0.2) is 22.7 Å². The Morgan fingerprint density at radius 3 is 2.83 bits per heavy atom. The zero-order chi connectivity index (χ0) is 16.6. The molecule has 1 unspecified atom stereocenters. The highest BCUT2D eigenvalue weighted by molar-refractivity contribution is 6.32. The normalized spacial score (nSPS) is 18.0. The molecule has 0 radical (unpaired) electrons. The largest absolute Gasteiger partial charge is 0.495 e. The van der Waals surface area contributed by atoms with Gasteiger partial charge in [-0.3, -0.25) is 4.79 Å². The fourth-order valence-electron chi connectivity index (χ4n) is 2.59. The molecule has 2 aromatic rings. The van der Waals surface area contributed by atoms with Gasteiger partial charge >= 0.3 is 0 Å². The predicted octanol–water partition coefficient (Wildman–Crippen LogP) is 3.38. The minimum atomic E-state index is -0.0941. The first-order valence-corrected chi connectivity index (χ1v) is 7.84. The number of anilines is 1. The predicted molar refractivity (Wildman–Crippen MR) is 86.1 cm³/mol. The van der Waals surface area contributed by atoms with Crippen molar-refractivity contribution in [2.45, 2.75) is 32.1 Å². The Balaban J connectivity index is 1.80. The van der Waals surface area contributed by atoms with Crippen LogP contribution in [0, 0.1) is 0 Å². The van der Waals surface area contributed by atoms with E-state index in [4.69, 9.17) is 20.9 Å². The van der Waals surface area contributed by atoms with E-state index in [0.29, 0.717) is 35.5 Å². The molecule has 2 heterocycles. The van der Waals surface area contributed by atoms with Crippen molar-refractivity contribution in [2.75, 3.05) is 18.6 Å². The minimum Gasteiger partial charge on any atom is -0.495 e. The topological polar surface area (TPSA) is 68.5 Å². The Morgan fingerprint density at radius 2 is 2.22 bits per heavy atom. The first-order chi connectivity index (χ1) is 11.0. The summed E-state index contributed by atoms with van der Waals surface area (Å²) in [6.45, 7) is 4.50. The Hall–Kier alpha value is -2.08. The summed E-state index contributed by atoms with van der Waals surface area (Å²) in [4.78, 5) is 18.4. The highest BCUT2D eigenvalue weighted by Crippen LogP contribution is 2.35. The smallest absolute Gasteiger partial charge is 0.232 e. The number of halogens is 1. The molecule has 1 aliphatic rings. The zero-order valence-corrected chi connectivity index (χ0v) is 14.0. The Kier molecular flexibility index (Phi) is 4.26. The van der Waals surface area contributed by atoms with Gasteiger partial charge in [0.05, 0.1) is 18.1 Å². The molecule has 7 heteroatoms. The number of benzene rings is 1. The molecule has 0 saturated carbocycles. The third-order valence-electron chi connectivity index (χ3n) is 3.90. The van der Waals surface area contributed by atoms with Crippen LogP contribution in [0.25, 0.3) is 0 Å². The summed E-state index contributed by atoms with van der Waals surface area (Å²) in [6, 6.07) is 5.30. The fraction of sp³-hybridized carbons (Fsp3) is 0.438. The van der Waals surface area contributed by atoms with Crippen molar-refractivity contribution in [1.29, 1.82) is 0 Å². The molecule has 0 spiro atoms. The van der Waals surface area contributed by atoms with E-state index in [2.05, 4.69) is 10.1 Å². The molecule has 0 aliphatic carbocycles. The van der Waals surface area contributed by atoms with Crippen LogP contribution >= 0.6 is 11.6 Å². The lowest BCUT2D eigenvalue weighted by atomic mass is 10.1. The lowest BCUT2D eigenvalue weighted by molar-refractivity contribution is -0.117. The number of methoxy groups -OCH3 is 1. The molecule has 0 bridgehead atoms. The van der Waals surface area contributed by atoms with E-state index in [9.17, 15) is 4.79 Å². The molecule has 1 atom stereocenters. The lowest BCUT2D eigenvalue weighted by Gasteiger charge is -2.17. The van der Waals surface area contributed by atoms with Crippen LogP contribution in [0.2, 0.25) is 5.02 Å². The van der Waals surface area contributed by atoms with Crippen molar-refractivity contribution in [1.82, 2.24) is 10.1 Å². The van der Waals surface area contributed by atoms with Gasteiger partial charge in [0, 0.05) is 24.6 Å². The van der Waals surface area contributed by atoms with Gasteiger partial charge in [-0.2, -0.15) is 4.98 Å². The summed E-state index contributed by atoms with van der Waals surface area (Å²) < 4.78 is 10.5. The monoisotopic (exact) mass is 335 g/mol. The number of hydrogen-bond acceptors (Lipinski definition) is 5. The van der Waals surface area contributed by atoms with Crippen LogP contribution in [0.4, 0.5) is 5.69 Å². The molecule has 1 aromatic carbocycles. The molecule has 1 saturated heterocycles. The van der Waals surface area contributed by atoms with Gasteiger partial charge in [-0.05, 0) is 18.2 Å². The van der Waals surface area contributed by atoms with Gasteiger partial charge in [-0.1, -0.05) is 30.6 Å². The van der Waals surface area contributed by atoms with Crippen LogP contribution in [0.1, 0.15) is 43.8 Å². The first-order valence-electron chi connectivity index (χ1n) is 7.47. The molecule has 122 valence electrons. The SMILES string of the molecule is COc1ccc(N2CC(c3nc(C(C)C)no3)CC2=O)cc1Cl. The number of nitrogens with zero attached hydrogens (tertiary/aromatic N) is 3. The third kappa shape index (κ3) is 3.03. The molecule has 1 aliphatic heterocycles. The van der Waals surface area contributed by atoms with Gasteiger partial charge in [0.15, 0.2) is 5.82 Å². The minimum absolute atomic E-state index is 0.0144. The van der Waals surface area contributed by atoms with Gasteiger partial charge in [0.2, 0.25) is 11.8 Å². The average molecular weight is 336 g/mol. The second-order valence-electron chi connectivity index (χ2n) is 5.87. The molecule has 3 rings (SSSR count). The van der Waals surface area contributed by atoms with Crippen LogP contribution in [0.3, 0.4) is 0 Å². The molecule has 23 heavy (non-hydrogen) atoms. The fourth-order valence-corrected chi connectivity index (χ4v) is 2.85. The van der Waals surface area contributed by atoms with E-state index in [1.165, 1.54) is 0 Å². The Bertz CT molecular complexity index is 729. The number of carbonyl (C=O) groups excluding carboxylic acids is 1. The van der Waals surface area contributed by atoms with Crippen LogP contribution in [-0.4, -0.2) is 29.7 Å². The van der Waals surface area contributed by atoms with Crippen LogP contribution in [0.5, 0.6) is 5.75 Å². The average Bonchev–Trinajstić information content (AvgIpc) is 3.13. The van der Waals surface area contributed by atoms with Crippen molar-refractivity contribution in [3.8, 4) is 5.75 Å². The van der Waals surface area contributed by atoms with Crippen LogP contribution in [-0.2, 0) is 4.79 Å². The standard InChI is InChI=1S/C16H18ClN3O3/c1-9(2)15-18-16(23-19-15)10-6-14(21)20(8-10)11-4-5-13(22-3)12(17)7-11/h4-5,7,9-10H,6,8H2,1-3H3. The summed E-state index contributed by atoms with van der Waals surface area (Å²) in [5, 5.41) is 4.44. The first kappa shape index (κ1) is 15.8. The van der Waals surface area contributed by atoms with E-state index < -0.39 is 0 Å². The molecular formula is C16H18ClN3O3. The highest BCUT2D eigenvalue weighted by Gasteiger charge is 2.35. The maximum Gasteiger partial charge on any atom is 0.232 e. The van der Waals surface area contributed by atoms with Crippen molar-refractivity contribution < 1.29 is 14.1 Å². The summed E-state index contributed by atoms with van der Waals surface area (Å²) in [5.41, 5.74) is 0.742. The van der Waals surface area contributed by atoms with E-state index in [1.54, 1.807) is 24.1 Å². The summed E-state index contributed by atoms with van der Waals surface area (Å²) in [5.74, 6) is 1.88. The van der Waals surface area contributed by atoms with E-state index in [1.807, 2.05) is 19.9 Å². The van der Waals surface area contributed by atoms with Gasteiger partial charge in [-0.25, -0.2) is 0 Å². The zero-order valence-electron chi connectivity index (χ0n) is 13.2. The number of amides is 1. The Labute approximate surface area is 139 Å². The number of carbonyl (C=O) groups is 1. The van der Waals surface area contributed by atoms with Gasteiger partial charge in [0.1, 0.15) is 5.75 Å². The summed E-state index contributed by atoms with van der Waals surface area (Å²) >= 11 is 6.14. The number of ether oxygens (including phenoxy) is 1. The number of rotatable bonds is 4. The molecular weight excluding hydrogens is 318 g/mol. The summed E-state index contributed by atoms with van der Waals surface area (Å²) in [7, 11) is 1.56. The van der Waals surface area contributed by atoms with Gasteiger partial charge in [0.25, 0.3) is 0 Å². The van der Waals surface area contributed by atoms with Crippen molar-refractivity contribution in [3.63, 3.8) is 0 Å². The van der Waals surface area contributed by atoms with Crippen LogP contribution < -0.4 is 9.64 Å².